The topological polar surface area (TPSA) is 192 Å². The second-order valence-electron chi connectivity index (χ2n) is 8.36. The van der Waals surface area contributed by atoms with Crippen LogP contribution in [0.3, 0.4) is 0 Å². The van der Waals surface area contributed by atoms with E-state index in [1.165, 1.54) is 12.1 Å². The molecule has 0 fully saturated rings. The van der Waals surface area contributed by atoms with E-state index in [4.69, 9.17) is 9.52 Å². The summed E-state index contributed by atoms with van der Waals surface area (Å²) in [6.07, 6.45) is 3.60. The highest BCUT2D eigenvalue weighted by atomic mass is 16.4. The van der Waals surface area contributed by atoms with Crippen molar-refractivity contribution in [1.82, 2.24) is 0 Å². The minimum atomic E-state index is -0.888. The molecule has 39 heavy (non-hydrogen) atoms. The number of fused-ring (bicyclic) bond motifs is 1. The van der Waals surface area contributed by atoms with Gasteiger partial charge in [0.05, 0.1) is 0 Å². The van der Waals surface area contributed by atoms with Crippen LogP contribution in [-0.4, -0.2) is 40.9 Å². The highest BCUT2D eigenvalue weighted by molar-refractivity contribution is 5.88. The monoisotopic (exact) mass is 530 g/mol. The highest BCUT2D eigenvalue weighted by Gasteiger charge is 2.19. The largest absolute Gasteiger partial charge is 0.508 e. The molecule has 5 rings (SSSR count). The van der Waals surface area contributed by atoms with Gasteiger partial charge in [0.2, 0.25) is 11.2 Å². The number of phenols is 7. The number of phenolic OH excluding ortho intramolecular Hbond substituents is 7. The van der Waals surface area contributed by atoms with Crippen LogP contribution in [0.4, 0.5) is 0 Å². The van der Waals surface area contributed by atoms with Gasteiger partial charge in [-0.1, -0.05) is 24.3 Å². The molecule has 8 N–H and O–H groups in total. The Labute approximate surface area is 220 Å². The second-order valence-corrected chi connectivity index (χ2v) is 8.36. The zero-order chi connectivity index (χ0) is 28.3. The van der Waals surface area contributed by atoms with E-state index in [-0.39, 0.29) is 51.0 Å². The average Bonchev–Trinajstić information content (AvgIpc) is 2.87. The molecule has 0 aliphatic carbocycles. The zero-order valence-corrected chi connectivity index (χ0v) is 20.0. The van der Waals surface area contributed by atoms with E-state index >= 15 is 0 Å². The highest BCUT2D eigenvalue weighted by Crippen LogP contribution is 2.37. The minimum Gasteiger partial charge on any atom is -0.508 e. The van der Waals surface area contributed by atoms with Crippen LogP contribution in [0.15, 0.2) is 82.0 Å². The van der Waals surface area contributed by atoms with Crippen molar-refractivity contribution in [1.29, 1.82) is 0 Å². The van der Waals surface area contributed by atoms with E-state index in [9.17, 15) is 40.5 Å². The van der Waals surface area contributed by atoms with Crippen LogP contribution < -0.4 is 5.43 Å². The second kappa shape index (κ2) is 10.7. The van der Waals surface area contributed by atoms with Gasteiger partial charge in [-0.2, -0.15) is 0 Å². The van der Waals surface area contributed by atoms with E-state index in [0.29, 0.717) is 5.56 Å². The summed E-state index contributed by atoms with van der Waals surface area (Å²) in [4.78, 5) is 12.1. The first kappa shape index (κ1) is 26.3. The molecule has 4 aromatic carbocycles. The molecule has 0 unspecified atom stereocenters. The van der Waals surface area contributed by atoms with Gasteiger partial charge < -0.3 is 45.3 Å². The van der Waals surface area contributed by atoms with Crippen molar-refractivity contribution in [3.63, 3.8) is 0 Å². The Bertz CT molecular complexity index is 1730. The van der Waals surface area contributed by atoms with Crippen LogP contribution in [0.5, 0.6) is 46.0 Å². The first-order chi connectivity index (χ1) is 18.5. The lowest BCUT2D eigenvalue weighted by Gasteiger charge is -2.08. The van der Waals surface area contributed by atoms with Crippen molar-refractivity contribution < 1.29 is 45.3 Å². The SMILES string of the molecule is O=c1c(O)c(-c2ccc(O)c(O)c2)oc2cc(O)cc(O)c12.Oc1ccc(C=Cc2cc(O)cc(O)c2)cc1. The van der Waals surface area contributed by atoms with Gasteiger partial charge in [0.15, 0.2) is 17.3 Å². The van der Waals surface area contributed by atoms with Crippen LogP contribution in [0, 0.1) is 0 Å². The van der Waals surface area contributed by atoms with Crippen LogP contribution in [0.1, 0.15) is 11.1 Å². The lowest BCUT2D eigenvalue weighted by Crippen LogP contribution is -2.02. The Morgan fingerprint density at radius 2 is 1.15 bits per heavy atom. The first-order valence-electron chi connectivity index (χ1n) is 11.3. The molecule has 0 aliphatic heterocycles. The quantitative estimate of drug-likeness (QED) is 0.117. The molecule has 198 valence electrons. The predicted molar refractivity (Wildman–Crippen MR) is 143 cm³/mol. The Balaban J connectivity index is 0.000000187. The molecule has 1 heterocycles. The Hall–Kier alpha value is -5.77. The van der Waals surface area contributed by atoms with Crippen LogP contribution in [-0.2, 0) is 0 Å². The van der Waals surface area contributed by atoms with Gasteiger partial charge in [0, 0.05) is 23.8 Å². The average molecular weight is 530 g/mol. The van der Waals surface area contributed by atoms with E-state index in [2.05, 4.69) is 0 Å². The van der Waals surface area contributed by atoms with E-state index < -0.39 is 22.7 Å². The summed E-state index contributed by atoms with van der Waals surface area (Å²) in [5.74, 6) is -2.45. The predicted octanol–water partition coefficient (Wildman–Crippen LogP) is 4.96. The maximum Gasteiger partial charge on any atom is 0.238 e. The summed E-state index contributed by atoms with van der Waals surface area (Å²) >= 11 is 0. The first-order valence-corrected chi connectivity index (χ1v) is 11.3. The number of rotatable bonds is 3. The Morgan fingerprint density at radius 1 is 0.538 bits per heavy atom. The molecule has 0 saturated heterocycles. The summed E-state index contributed by atoms with van der Waals surface area (Å²) in [6, 6.07) is 16.8. The molecular formula is C29H22O10. The van der Waals surface area contributed by atoms with Crippen molar-refractivity contribution in [2.75, 3.05) is 0 Å². The van der Waals surface area contributed by atoms with Crippen molar-refractivity contribution >= 4 is 23.1 Å². The van der Waals surface area contributed by atoms with Crippen molar-refractivity contribution in [3.8, 4) is 57.3 Å². The van der Waals surface area contributed by atoms with Crippen molar-refractivity contribution in [2.45, 2.75) is 0 Å². The van der Waals surface area contributed by atoms with E-state index in [1.54, 1.807) is 42.5 Å². The third kappa shape index (κ3) is 5.97. The summed E-state index contributed by atoms with van der Waals surface area (Å²) in [5, 5.41) is 75.4. The maximum absolute atomic E-state index is 12.1. The van der Waals surface area contributed by atoms with E-state index in [0.717, 1.165) is 29.8 Å². The van der Waals surface area contributed by atoms with E-state index in [1.807, 2.05) is 6.08 Å². The molecule has 0 aliphatic rings. The van der Waals surface area contributed by atoms with Gasteiger partial charge in [-0.05, 0) is 53.6 Å². The molecule has 5 aromatic rings. The molecule has 0 bridgehead atoms. The Kier molecular flexibility index (Phi) is 7.21. The molecule has 0 atom stereocenters. The van der Waals surface area contributed by atoms with Gasteiger partial charge in [-0.25, -0.2) is 0 Å². The van der Waals surface area contributed by atoms with Gasteiger partial charge in [0.25, 0.3) is 0 Å². The van der Waals surface area contributed by atoms with Crippen LogP contribution in [0.25, 0.3) is 34.4 Å². The molecule has 0 spiro atoms. The standard InChI is InChI=1S/C15H10O7.C14H12O3/c16-7-4-10(19)12-11(5-7)22-15(14(21)13(12)20)6-1-2-8(17)9(18)3-6;15-12-5-3-10(4-6-12)1-2-11-7-13(16)9-14(17)8-11/h1-5,16-19,21H;1-9,15-17H. The summed E-state index contributed by atoms with van der Waals surface area (Å²) in [7, 11) is 0. The smallest absolute Gasteiger partial charge is 0.238 e. The van der Waals surface area contributed by atoms with Gasteiger partial charge in [0.1, 0.15) is 39.7 Å². The van der Waals surface area contributed by atoms with Crippen LogP contribution in [0.2, 0.25) is 0 Å². The normalized spacial score (nSPS) is 10.9. The fraction of sp³-hybridized carbons (Fsp3) is 0. The lowest BCUT2D eigenvalue weighted by molar-refractivity contribution is 0.403. The Morgan fingerprint density at radius 3 is 1.79 bits per heavy atom. The fourth-order valence-electron chi connectivity index (χ4n) is 3.63. The van der Waals surface area contributed by atoms with Gasteiger partial charge in [-0.3, -0.25) is 4.79 Å². The molecule has 10 nitrogen and oxygen atoms in total. The number of hydrogen-bond donors (Lipinski definition) is 8. The lowest BCUT2D eigenvalue weighted by atomic mass is 10.1. The molecule has 10 heteroatoms. The fourth-order valence-corrected chi connectivity index (χ4v) is 3.63. The maximum atomic E-state index is 12.1. The van der Waals surface area contributed by atoms with Crippen molar-refractivity contribution in [3.05, 3.63) is 94.1 Å². The third-order valence-electron chi connectivity index (χ3n) is 5.46. The minimum absolute atomic E-state index is 0.0235. The molecular weight excluding hydrogens is 508 g/mol. The van der Waals surface area contributed by atoms with Crippen molar-refractivity contribution in [2.24, 2.45) is 0 Å². The summed E-state index contributed by atoms with van der Waals surface area (Å²) < 4.78 is 5.35. The number of aromatic hydroxyl groups is 8. The van der Waals surface area contributed by atoms with Gasteiger partial charge >= 0.3 is 0 Å². The third-order valence-corrected chi connectivity index (χ3v) is 5.46. The van der Waals surface area contributed by atoms with Gasteiger partial charge in [-0.15, -0.1) is 0 Å². The van der Waals surface area contributed by atoms with Crippen LogP contribution >= 0.6 is 0 Å². The zero-order valence-electron chi connectivity index (χ0n) is 20.0. The molecule has 1 aromatic heterocycles. The molecule has 0 radical (unpaired) electrons. The number of benzene rings is 4. The number of hydrogen-bond acceptors (Lipinski definition) is 10. The summed E-state index contributed by atoms with van der Waals surface area (Å²) in [5.41, 5.74) is 0.736. The molecule has 0 saturated carbocycles. The summed E-state index contributed by atoms with van der Waals surface area (Å²) in [6.45, 7) is 0. The molecule has 0 amide bonds.